The van der Waals surface area contributed by atoms with Gasteiger partial charge in [0, 0.05) is 0 Å². The van der Waals surface area contributed by atoms with E-state index in [9.17, 15) is 19.8 Å². The summed E-state index contributed by atoms with van der Waals surface area (Å²) in [6.07, 6.45) is 6.58. The van der Waals surface area contributed by atoms with E-state index in [0.29, 0.717) is 25.7 Å². The Balaban J connectivity index is 5.67. The lowest BCUT2D eigenvalue weighted by Gasteiger charge is -2.39. The van der Waals surface area contributed by atoms with Crippen LogP contribution >= 0.6 is 0 Å². The molecule has 1 atom stereocenters. The van der Waals surface area contributed by atoms with Crippen molar-refractivity contribution in [3.63, 3.8) is 0 Å². The molecule has 0 radical (unpaired) electrons. The first kappa shape index (κ1) is 20.9. The number of carbonyl (C=O) groups is 2. The minimum atomic E-state index is -0.898. The standard InChI is InChI=1S/C18H34O4/c1-5-9-13-18(12-8-4,16(21)22)14-17(10-6-2,11-7-3)15(19)20/h5-14H2,1-4H3,(H,19,20)(H,21,22). The molecule has 4 heteroatoms. The molecule has 0 bridgehead atoms. The summed E-state index contributed by atoms with van der Waals surface area (Å²) in [6.45, 7) is 7.97. The third-order valence-corrected chi connectivity index (χ3v) is 4.78. The van der Waals surface area contributed by atoms with Gasteiger partial charge >= 0.3 is 11.9 Å². The molecule has 1 unspecified atom stereocenters. The molecule has 0 aliphatic heterocycles. The van der Waals surface area contributed by atoms with Crippen LogP contribution in [0.3, 0.4) is 0 Å². The Morgan fingerprint density at radius 1 is 0.682 bits per heavy atom. The summed E-state index contributed by atoms with van der Waals surface area (Å²) >= 11 is 0. The molecule has 0 saturated heterocycles. The fraction of sp³-hybridized carbons (Fsp3) is 0.889. The van der Waals surface area contributed by atoms with Crippen molar-refractivity contribution in [1.82, 2.24) is 0 Å². The van der Waals surface area contributed by atoms with Gasteiger partial charge in [-0.2, -0.15) is 0 Å². The molecule has 22 heavy (non-hydrogen) atoms. The van der Waals surface area contributed by atoms with E-state index >= 15 is 0 Å². The number of unbranched alkanes of at least 4 members (excludes halogenated alkanes) is 1. The van der Waals surface area contributed by atoms with Gasteiger partial charge in [-0.25, -0.2) is 0 Å². The van der Waals surface area contributed by atoms with Crippen molar-refractivity contribution in [2.24, 2.45) is 10.8 Å². The zero-order valence-electron chi connectivity index (χ0n) is 14.8. The van der Waals surface area contributed by atoms with Crippen LogP contribution in [0.15, 0.2) is 0 Å². The Hall–Kier alpha value is -1.06. The molecule has 0 aromatic rings. The van der Waals surface area contributed by atoms with Crippen molar-refractivity contribution in [2.45, 2.75) is 91.9 Å². The maximum absolute atomic E-state index is 12.0. The summed E-state index contributed by atoms with van der Waals surface area (Å²) in [7, 11) is 0. The highest BCUT2D eigenvalue weighted by atomic mass is 16.4. The molecule has 0 aromatic carbocycles. The van der Waals surface area contributed by atoms with Gasteiger partial charge in [0.15, 0.2) is 0 Å². The summed E-state index contributed by atoms with van der Waals surface area (Å²) in [4.78, 5) is 24.0. The molecule has 2 N–H and O–H groups in total. The highest BCUT2D eigenvalue weighted by molar-refractivity contribution is 5.79. The Morgan fingerprint density at radius 3 is 1.32 bits per heavy atom. The van der Waals surface area contributed by atoms with E-state index in [4.69, 9.17) is 0 Å². The van der Waals surface area contributed by atoms with Gasteiger partial charge in [-0.3, -0.25) is 9.59 Å². The predicted molar refractivity (Wildman–Crippen MR) is 89.0 cm³/mol. The van der Waals surface area contributed by atoms with Gasteiger partial charge in [0.1, 0.15) is 0 Å². The van der Waals surface area contributed by atoms with Gasteiger partial charge in [0.05, 0.1) is 10.8 Å². The van der Waals surface area contributed by atoms with Crippen molar-refractivity contribution < 1.29 is 19.8 Å². The van der Waals surface area contributed by atoms with Gasteiger partial charge in [-0.05, 0) is 32.1 Å². The number of hydrogen-bond donors (Lipinski definition) is 2. The van der Waals surface area contributed by atoms with Crippen LogP contribution in [0.4, 0.5) is 0 Å². The molecule has 4 nitrogen and oxygen atoms in total. The first-order valence-electron chi connectivity index (χ1n) is 8.81. The lowest BCUT2D eigenvalue weighted by Crippen LogP contribution is -2.42. The molecule has 0 aromatic heterocycles. The van der Waals surface area contributed by atoms with E-state index < -0.39 is 22.8 Å². The van der Waals surface area contributed by atoms with Crippen LogP contribution in [0, 0.1) is 10.8 Å². The van der Waals surface area contributed by atoms with Gasteiger partial charge < -0.3 is 10.2 Å². The maximum atomic E-state index is 12.0. The van der Waals surface area contributed by atoms with Crippen molar-refractivity contribution in [3.8, 4) is 0 Å². The summed E-state index contributed by atoms with van der Waals surface area (Å²) in [5.74, 6) is -1.64. The molecule has 0 aliphatic rings. The first-order chi connectivity index (χ1) is 10.3. The second-order valence-corrected chi connectivity index (χ2v) is 6.70. The second-order valence-electron chi connectivity index (χ2n) is 6.70. The lowest BCUT2D eigenvalue weighted by atomic mass is 9.63. The topological polar surface area (TPSA) is 74.6 Å². The van der Waals surface area contributed by atoms with E-state index in [-0.39, 0.29) is 6.42 Å². The summed E-state index contributed by atoms with van der Waals surface area (Å²) < 4.78 is 0. The smallest absolute Gasteiger partial charge is 0.309 e. The third kappa shape index (κ3) is 5.29. The summed E-state index contributed by atoms with van der Waals surface area (Å²) in [5.41, 5.74) is -1.79. The van der Waals surface area contributed by atoms with Crippen molar-refractivity contribution >= 4 is 11.9 Å². The van der Waals surface area contributed by atoms with Gasteiger partial charge in [0.25, 0.3) is 0 Å². The van der Waals surface area contributed by atoms with Crippen LogP contribution in [0.5, 0.6) is 0 Å². The quantitative estimate of drug-likeness (QED) is 0.495. The molecule has 0 spiro atoms. The molecule has 0 saturated carbocycles. The van der Waals surface area contributed by atoms with E-state index in [2.05, 4.69) is 0 Å². The van der Waals surface area contributed by atoms with Crippen LogP contribution in [-0.4, -0.2) is 22.2 Å². The second kappa shape index (κ2) is 9.86. The highest BCUT2D eigenvalue weighted by Gasteiger charge is 2.48. The highest BCUT2D eigenvalue weighted by Crippen LogP contribution is 2.47. The molecule has 0 amide bonds. The number of carboxylic acids is 2. The molecule has 0 heterocycles. The first-order valence-corrected chi connectivity index (χ1v) is 8.81. The third-order valence-electron chi connectivity index (χ3n) is 4.78. The largest absolute Gasteiger partial charge is 0.481 e. The monoisotopic (exact) mass is 314 g/mol. The molecular formula is C18H34O4. The van der Waals surface area contributed by atoms with Crippen molar-refractivity contribution in [3.05, 3.63) is 0 Å². The summed E-state index contributed by atoms with van der Waals surface area (Å²) in [6, 6.07) is 0. The van der Waals surface area contributed by atoms with Crippen LogP contribution in [0.25, 0.3) is 0 Å². The van der Waals surface area contributed by atoms with Crippen molar-refractivity contribution in [2.75, 3.05) is 0 Å². The Kier molecular flexibility index (Phi) is 9.38. The maximum Gasteiger partial charge on any atom is 0.309 e. The zero-order valence-corrected chi connectivity index (χ0v) is 14.8. The lowest BCUT2D eigenvalue weighted by molar-refractivity contribution is -0.160. The SMILES string of the molecule is CCCCC(CCC)(CC(CCC)(CCC)C(=O)O)C(=O)O. The number of hydrogen-bond acceptors (Lipinski definition) is 2. The molecule has 130 valence electrons. The number of carboxylic acid groups (broad SMARTS) is 2. The van der Waals surface area contributed by atoms with E-state index in [0.717, 1.165) is 32.1 Å². The van der Waals surface area contributed by atoms with Crippen LogP contribution in [0.1, 0.15) is 91.9 Å². The molecule has 0 fully saturated rings. The van der Waals surface area contributed by atoms with Gasteiger partial charge in [-0.15, -0.1) is 0 Å². The number of rotatable bonds is 13. The minimum absolute atomic E-state index is 0.264. The minimum Gasteiger partial charge on any atom is -0.481 e. The van der Waals surface area contributed by atoms with Crippen LogP contribution in [0.2, 0.25) is 0 Å². The zero-order chi connectivity index (χ0) is 17.2. The Labute approximate surface area is 135 Å². The predicted octanol–water partition coefficient (Wildman–Crippen LogP) is 5.11. The van der Waals surface area contributed by atoms with E-state index in [1.54, 1.807) is 0 Å². The van der Waals surface area contributed by atoms with E-state index in [1.165, 1.54) is 0 Å². The van der Waals surface area contributed by atoms with Gasteiger partial charge in [-0.1, -0.05) is 59.8 Å². The molecule has 0 aliphatic carbocycles. The Bertz CT molecular complexity index is 345. The fourth-order valence-electron chi connectivity index (χ4n) is 3.78. The summed E-state index contributed by atoms with van der Waals surface area (Å²) in [5, 5.41) is 19.7. The normalized spacial score (nSPS) is 14.5. The van der Waals surface area contributed by atoms with Gasteiger partial charge in [0.2, 0.25) is 0 Å². The average molecular weight is 314 g/mol. The average Bonchev–Trinajstić information content (AvgIpc) is 2.45. The molecular weight excluding hydrogens is 280 g/mol. The Morgan fingerprint density at radius 2 is 1.05 bits per heavy atom. The van der Waals surface area contributed by atoms with Crippen LogP contribution < -0.4 is 0 Å². The van der Waals surface area contributed by atoms with E-state index in [1.807, 2.05) is 27.7 Å². The number of aliphatic carboxylic acids is 2. The molecule has 0 rings (SSSR count). The van der Waals surface area contributed by atoms with Crippen molar-refractivity contribution in [1.29, 1.82) is 0 Å². The van der Waals surface area contributed by atoms with Crippen LogP contribution in [-0.2, 0) is 9.59 Å². The fourth-order valence-corrected chi connectivity index (χ4v) is 3.78.